The van der Waals surface area contributed by atoms with Crippen LogP contribution in [0.5, 0.6) is 11.5 Å². The summed E-state index contributed by atoms with van der Waals surface area (Å²) in [7, 11) is -1.68. The van der Waals surface area contributed by atoms with Crippen LogP contribution in [0.3, 0.4) is 0 Å². The van der Waals surface area contributed by atoms with Crippen LogP contribution in [0.4, 0.5) is 0 Å². The van der Waals surface area contributed by atoms with E-state index in [0.717, 1.165) is 0 Å². The Bertz CT molecular complexity index is 1550. The molecule has 0 bridgehead atoms. The van der Waals surface area contributed by atoms with E-state index in [1.54, 1.807) is 69.3 Å². The number of carbonyl (C=O) groups excluding carboxylic acids is 2. The molecule has 1 saturated heterocycles. The number of cyclic esters (lactones) is 1. The number of methoxy groups -OCH3 is 1. The second kappa shape index (κ2) is 15.9. The van der Waals surface area contributed by atoms with Crippen molar-refractivity contribution < 1.29 is 51.2 Å². The van der Waals surface area contributed by atoms with E-state index in [9.17, 15) is 18.0 Å². The number of carbonyl (C=O) groups is 2. The summed E-state index contributed by atoms with van der Waals surface area (Å²) in [4.78, 5) is 26.9. The van der Waals surface area contributed by atoms with Gasteiger partial charge in [0.2, 0.25) is 0 Å². The molecule has 256 valence electrons. The molecule has 1 fully saturated rings. The smallest absolute Gasteiger partial charge is 0.342 e. The maximum Gasteiger partial charge on any atom is 0.342 e. The molecule has 0 saturated carbocycles. The SMILES string of the molecule is COCOc1cc(OCCCS(C)(=O)=O)cc2c1C(=O)O[C@@H](C)[C@H](C)/C=C\C(OC(=O)c1ccccc1)C1OC(C)(C)OC1CC=C2. The van der Waals surface area contributed by atoms with E-state index >= 15 is 0 Å². The van der Waals surface area contributed by atoms with Gasteiger partial charge in [-0.2, -0.15) is 0 Å². The molecule has 0 aliphatic carbocycles. The molecule has 2 aromatic carbocycles. The fraction of sp³-hybridized carbons (Fsp3) is 0.486. The predicted molar refractivity (Wildman–Crippen MR) is 175 cm³/mol. The number of hydrogen-bond donors (Lipinski definition) is 0. The highest BCUT2D eigenvalue weighted by molar-refractivity contribution is 7.90. The van der Waals surface area contributed by atoms with Crippen LogP contribution in [-0.4, -0.2) is 83.1 Å². The van der Waals surface area contributed by atoms with Crippen LogP contribution in [0.15, 0.2) is 60.7 Å². The van der Waals surface area contributed by atoms with Gasteiger partial charge in [-0.25, -0.2) is 18.0 Å². The van der Waals surface area contributed by atoms with Crippen molar-refractivity contribution in [1.29, 1.82) is 0 Å². The minimum atomic E-state index is -3.15. The van der Waals surface area contributed by atoms with E-state index in [1.165, 1.54) is 13.4 Å². The Morgan fingerprint density at radius 3 is 2.49 bits per heavy atom. The number of hydrogen-bond acceptors (Lipinski definition) is 11. The molecular formula is C35H44O11S. The Morgan fingerprint density at radius 2 is 1.79 bits per heavy atom. The Balaban J connectivity index is 1.71. The molecule has 2 aliphatic rings. The normalized spacial score (nSPS) is 25.1. The van der Waals surface area contributed by atoms with Crippen molar-refractivity contribution in [2.24, 2.45) is 5.92 Å². The molecule has 2 aliphatic heterocycles. The van der Waals surface area contributed by atoms with Gasteiger partial charge in [-0.1, -0.05) is 43.4 Å². The number of rotatable bonds is 10. The molecule has 0 radical (unpaired) electrons. The molecule has 47 heavy (non-hydrogen) atoms. The number of fused-ring (bicyclic) bond motifs is 2. The van der Waals surface area contributed by atoms with Gasteiger partial charge in [0.25, 0.3) is 0 Å². The van der Waals surface area contributed by atoms with Crippen LogP contribution >= 0.6 is 0 Å². The average Bonchev–Trinajstić information content (AvgIpc) is 3.33. The molecule has 2 heterocycles. The summed E-state index contributed by atoms with van der Waals surface area (Å²) in [5, 5.41) is 0. The van der Waals surface area contributed by atoms with Crippen LogP contribution in [0.25, 0.3) is 6.08 Å². The lowest BCUT2D eigenvalue weighted by atomic mass is 9.98. The highest BCUT2D eigenvalue weighted by atomic mass is 32.2. The van der Waals surface area contributed by atoms with Gasteiger partial charge in [0.1, 0.15) is 45.2 Å². The summed E-state index contributed by atoms with van der Waals surface area (Å²) in [5.74, 6) is -1.82. The van der Waals surface area contributed by atoms with Gasteiger partial charge in [-0.15, -0.1) is 0 Å². The summed E-state index contributed by atoms with van der Waals surface area (Å²) in [6, 6.07) is 11.9. The molecule has 11 nitrogen and oxygen atoms in total. The van der Waals surface area contributed by atoms with Gasteiger partial charge >= 0.3 is 11.9 Å². The van der Waals surface area contributed by atoms with Crippen molar-refractivity contribution in [3.8, 4) is 11.5 Å². The Kier molecular flexibility index (Phi) is 12.2. The van der Waals surface area contributed by atoms with Crippen molar-refractivity contribution in [3.05, 3.63) is 77.4 Å². The lowest BCUT2D eigenvalue weighted by Crippen LogP contribution is -2.37. The topological polar surface area (TPSA) is 133 Å². The van der Waals surface area contributed by atoms with Crippen molar-refractivity contribution in [2.75, 3.05) is 32.5 Å². The average molecular weight is 673 g/mol. The van der Waals surface area contributed by atoms with Gasteiger partial charge in [0.05, 0.1) is 24.0 Å². The summed E-state index contributed by atoms with van der Waals surface area (Å²) < 4.78 is 64.5. The molecule has 0 aromatic heterocycles. The molecule has 3 unspecified atom stereocenters. The first kappa shape index (κ1) is 36.1. The zero-order valence-electron chi connectivity index (χ0n) is 27.7. The third kappa shape index (κ3) is 10.4. The molecule has 4 rings (SSSR count). The Labute approximate surface area is 276 Å². The second-order valence-electron chi connectivity index (χ2n) is 12.1. The van der Waals surface area contributed by atoms with Crippen LogP contribution < -0.4 is 9.47 Å². The number of benzene rings is 2. The van der Waals surface area contributed by atoms with E-state index in [2.05, 4.69) is 0 Å². The van der Waals surface area contributed by atoms with Gasteiger partial charge in [0.15, 0.2) is 12.6 Å². The predicted octanol–water partition coefficient (Wildman–Crippen LogP) is 5.38. The van der Waals surface area contributed by atoms with E-state index in [-0.39, 0.29) is 42.8 Å². The molecular weight excluding hydrogens is 628 g/mol. The van der Waals surface area contributed by atoms with Crippen molar-refractivity contribution in [1.82, 2.24) is 0 Å². The molecule has 12 heteroatoms. The zero-order chi connectivity index (χ0) is 34.2. The summed E-state index contributed by atoms with van der Waals surface area (Å²) >= 11 is 0. The fourth-order valence-corrected chi connectivity index (χ4v) is 5.84. The highest BCUT2D eigenvalue weighted by Crippen LogP contribution is 2.36. The lowest BCUT2D eigenvalue weighted by molar-refractivity contribution is -0.152. The van der Waals surface area contributed by atoms with Crippen LogP contribution in [0, 0.1) is 5.92 Å². The number of sulfone groups is 1. The Hall–Kier alpha value is -3.71. The van der Waals surface area contributed by atoms with Crippen LogP contribution in [-0.2, 0) is 33.5 Å². The maximum absolute atomic E-state index is 13.7. The summed E-state index contributed by atoms with van der Waals surface area (Å²) in [6.45, 7) is 7.27. The number of ether oxygens (including phenoxy) is 7. The first-order chi connectivity index (χ1) is 22.3. The molecule has 0 amide bonds. The van der Waals surface area contributed by atoms with Crippen molar-refractivity contribution >= 4 is 27.9 Å². The monoisotopic (exact) mass is 672 g/mol. The molecule has 0 spiro atoms. The number of esters is 2. The highest BCUT2D eigenvalue weighted by Gasteiger charge is 2.45. The molecule has 0 N–H and O–H groups in total. The van der Waals surface area contributed by atoms with Gasteiger partial charge in [-0.05, 0) is 63.5 Å². The van der Waals surface area contributed by atoms with Gasteiger partial charge in [0, 0.05) is 25.3 Å². The second-order valence-corrected chi connectivity index (χ2v) is 14.4. The maximum atomic E-state index is 13.7. The van der Waals surface area contributed by atoms with E-state index in [1.807, 2.05) is 25.1 Å². The first-order valence-corrected chi connectivity index (χ1v) is 17.6. The zero-order valence-corrected chi connectivity index (χ0v) is 28.5. The van der Waals surface area contributed by atoms with Crippen LogP contribution in [0.2, 0.25) is 0 Å². The van der Waals surface area contributed by atoms with E-state index in [4.69, 9.17) is 33.2 Å². The Morgan fingerprint density at radius 1 is 1.04 bits per heavy atom. The standard InChI is InChI=1S/C35H44O11S/c1-23-16-17-28(44-33(36)25-12-8-7-9-13-25)32-29(45-35(3,4)46-32)15-10-14-26-20-27(41-18-11-19-47(6,38)39)21-30(42-22-40-5)31(26)34(37)43-24(23)2/h7-10,12-14,16-17,20-21,23-24,28-29,32H,11,15,18-19,22H2,1-6H3/b14-10?,17-16-/t23-,24+,28?,29?,32?/m1/s1. The van der Waals surface area contributed by atoms with Crippen molar-refractivity contribution in [3.63, 3.8) is 0 Å². The third-order valence-corrected chi connectivity index (χ3v) is 8.70. The minimum absolute atomic E-state index is 0.0235. The third-order valence-electron chi connectivity index (χ3n) is 7.67. The van der Waals surface area contributed by atoms with Crippen molar-refractivity contribution in [2.45, 2.75) is 70.7 Å². The summed E-state index contributed by atoms with van der Waals surface area (Å²) in [6.07, 6.45) is 6.44. The molecule has 5 atom stereocenters. The van der Waals surface area contributed by atoms with Crippen LogP contribution in [0.1, 0.15) is 66.8 Å². The quantitative estimate of drug-likeness (QED) is 0.139. The fourth-order valence-electron chi connectivity index (χ4n) is 5.20. The molecule has 2 aromatic rings. The lowest BCUT2D eigenvalue weighted by Gasteiger charge is -2.25. The first-order valence-electron chi connectivity index (χ1n) is 15.5. The van der Waals surface area contributed by atoms with Gasteiger partial charge < -0.3 is 33.2 Å². The van der Waals surface area contributed by atoms with E-state index in [0.29, 0.717) is 23.3 Å². The van der Waals surface area contributed by atoms with Gasteiger partial charge in [-0.3, -0.25) is 0 Å². The summed E-state index contributed by atoms with van der Waals surface area (Å²) in [5.41, 5.74) is 1.04. The minimum Gasteiger partial charge on any atom is -0.493 e. The van der Waals surface area contributed by atoms with E-state index < -0.39 is 52.0 Å². The largest absolute Gasteiger partial charge is 0.493 e.